The monoisotopic (exact) mass is 156 g/mol. The first-order chi connectivity index (χ1) is 5.38. The molecule has 1 aliphatic carbocycles. The molecular formula is C8H13FN2. The van der Waals surface area contributed by atoms with E-state index in [4.69, 9.17) is 5.26 Å². The highest BCUT2D eigenvalue weighted by molar-refractivity contribution is 4.86. The van der Waals surface area contributed by atoms with Crippen LogP contribution in [0.5, 0.6) is 0 Å². The molecule has 11 heavy (non-hydrogen) atoms. The van der Waals surface area contributed by atoms with Crippen LogP contribution in [0, 0.1) is 11.3 Å². The standard InChI is InChI=1S/C8H13FN2/c9-4-7-11(6-1-5-10)8-2-3-8/h8H,1-4,6-7H2. The fraction of sp³-hybridized carbons (Fsp3) is 0.875. The molecule has 0 aliphatic heterocycles. The van der Waals surface area contributed by atoms with Crippen LogP contribution in [-0.2, 0) is 0 Å². The van der Waals surface area contributed by atoms with E-state index in [0.717, 1.165) is 6.54 Å². The van der Waals surface area contributed by atoms with E-state index in [1.165, 1.54) is 12.8 Å². The molecule has 0 unspecified atom stereocenters. The third kappa shape index (κ3) is 2.85. The lowest BCUT2D eigenvalue weighted by Crippen LogP contribution is -2.29. The Kier molecular flexibility index (Phi) is 3.31. The Morgan fingerprint density at radius 2 is 2.18 bits per heavy atom. The van der Waals surface area contributed by atoms with Crippen molar-refractivity contribution < 1.29 is 4.39 Å². The van der Waals surface area contributed by atoms with E-state index in [1.54, 1.807) is 0 Å². The number of alkyl halides is 1. The first-order valence-corrected chi connectivity index (χ1v) is 4.05. The maximum atomic E-state index is 11.9. The molecule has 0 atom stereocenters. The normalized spacial score (nSPS) is 16.8. The summed E-state index contributed by atoms with van der Waals surface area (Å²) in [5, 5.41) is 8.32. The molecule has 0 aromatic carbocycles. The Morgan fingerprint density at radius 3 is 2.64 bits per heavy atom. The second kappa shape index (κ2) is 4.30. The van der Waals surface area contributed by atoms with Crippen molar-refractivity contribution in [3.8, 4) is 6.07 Å². The summed E-state index contributed by atoms with van der Waals surface area (Å²) in [5.74, 6) is 0. The van der Waals surface area contributed by atoms with Gasteiger partial charge in [0.05, 0.1) is 6.07 Å². The minimum absolute atomic E-state index is 0.290. The molecule has 2 nitrogen and oxygen atoms in total. The maximum absolute atomic E-state index is 11.9. The molecule has 0 N–H and O–H groups in total. The highest BCUT2D eigenvalue weighted by Crippen LogP contribution is 2.26. The highest BCUT2D eigenvalue weighted by atomic mass is 19.1. The predicted molar refractivity (Wildman–Crippen MR) is 40.8 cm³/mol. The smallest absolute Gasteiger partial charge is 0.102 e. The fourth-order valence-corrected chi connectivity index (χ4v) is 1.22. The Balaban J connectivity index is 2.16. The van der Waals surface area contributed by atoms with Gasteiger partial charge in [-0.25, -0.2) is 4.39 Å². The van der Waals surface area contributed by atoms with Gasteiger partial charge in [-0.1, -0.05) is 0 Å². The number of nitrogens with zero attached hydrogens (tertiary/aromatic N) is 2. The summed E-state index contributed by atoms with van der Waals surface area (Å²) in [6, 6.07) is 2.66. The third-order valence-corrected chi connectivity index (χ3v) is 1.95. The first-order valence-electron chi connectivity index (χ1n) is 4.05. The first kappa shape index (κ1) is 8.48. The van der Waals surface area contributed by atoms with Gasteiger partial charge in [0.2, 0.25) is 0 Å². The molecule has 1 aliphatic rings. The van der Waals surface area contributed by atoms with Crippen LogP contribution in [0.15, 0.2) is 0 Å². The summed E-state index contributed by atoms with van der Waals surface area (Å²) >= 11 is 0. The van der Waals surface area contributed by atoms with E-state index in [-0.39, 0.29) is 6.67 Å². The molecule has 62 valence electrons. The van der Waals surface area contributed by atoms with E-state index in [2.05, 4.69) is 11.0 Å². The highest BCUT2D eigenvalue weighted by Gasteiger charge is 2.27. The van der Waals surface area contributed by atoms with Crippen LogP contribution in [0.1, 0.15) is 19.3 Å². The largest absolute Gasteiger partial charge is 0.297 e. The molecule has 0 radical (unpaired) electrons. The summed E-state index contributed by atoms with van der Waals surface area (Å²) in [6.45, 7) is 0.958. The molecular weight excluding hydrogens is 143 g/mol. The fourth-order valence-electron chi connectivity index (χ4n) is 1.22. The Hall–Kier alpha value is -0.620. The molecule has 0 spiro atoms. The van der Waals surface area contributed by atoms with Crippen molar-refractivity contribution in [3.05, 3.63) is 0 Å². The minimum atomic E-state index is -0.290. The van der Waals surface area contributed by atoms with Crippen molar-refractivity contribution in [3.63, 3.8) is 0 Å². The van der Waals surface area contributed by atoms with Gasteiger partial charge in [0.15, 0.2) is 0 Å². The maximum Gasteiger partial charge on any atom is 0.102 e. The van der Waals surface area contributed by atoms with E-state index in [0.29, 0.717) is 19.0 Å². The summed E-state index contributed by atoms with van der Waals surface area (Å²) in [5.41, 5.74) is 0. The SMILES string of the molecule is N#CCCN(CCF)C1CC1. The van der Waals surface area contributed by atoms with Gasteiger partial charge in [-0.2, -0.15) is 5.26 Å². The summed E-state index contributed by atoms with van der Waals surface area (Å²) in [4.78, 5) is 2.07. The van der Waals surface area contributed by atoms with Gasteiger partial charge in [0.25, 0.3) is 0 Å². The lowest BCUT2D eigenvalue weighted by Gasteiger charge is -2.17. The van der Waals surface area contributed by atoms with Gasteiger partial charge < -0.3 is 0 Å². The number of halogens is 1. The summed E-state index contributed by atoms with van der Waals surface area (Å²) in [7, 11) is 0. The molecule has 0 amide bonds. The molecule has 0 saturated heterocycles. The zero-order valence-electron chi connectivity index (χ0n) is 6.59. The van der Waals surface area contributed by atoms with Crippen molar-refractivity contribution in [2.24, 2.45) is 0 Å². The number of rotatable bonds is 5. The zero-order valence-corrected chi connectivity index (χ0v) is 6.59. The van der Waals surface area contributed by atoms with Gasteiger partial charge in [-0.15, -0.1) is 0 Å². The number of nitriles is 1. The van der Waals surface area contributed by atoms with Crippen LogP contribution in [0.3, 0.4) is 0 Å². The van der Waals surface area contributed by atoms with Crippen LogP contribution in [-0.4, -0.2) is 30.7 Å². The molecule has 1 rings (SSSR count). The third-order valence-electron chi connectivity index (χ3n) is 1.95. The number of hydrogen-bond acceptors (Lipinski definition) is 2. The van der Waals surface area contributed by atoms with Gasteiger partial charge in [-0.3, -0.25) is 4.90 Å². The summed E-state index contributed by atoms with van der Waals surface area (Å²) < 4.78 is 11.9. The Morgan fingerprint density at radius 1 is 1.45 bits per heavy atom. The van der Waals surface area contributed by atoms with Crippen molar-refractivity contribution in [2.45, 2.75) is 25.3 Å². The molecule has 3 heteroatoms. The average molecular weight is 156 g/mol. The van der Waals surface area contributed by atoms with E-state index in [9.17, 15) is 4.39 Å². The predicted octanol–water partition coefficient (Wildman–Crippen LogP) is 1.33. The Labute approximate surface area is 66.6 Å². The van der Waals surface area contributed by atoms with E-state index >= 15 is 0 Å². The summed E-state index contributed by atoms with van der Waals surface area (Å²) in [6.07, 6.45) is 2.90. The van der Waals surface area contributed by atoms with Crippen LogP contribution >= 0.6 is 0 Å². The molecule has 0 heterocycles. The second-order valence-corrected chi connectivity index (χ2v) is 2.86. The quantitative estimate of drug-likeness (QED) is 0.600. The van der Waals surface area contributed by atoms with Gasteiger partial charge >= 0.3 is 0 Å². The average Bonchev–Trinajstić information content (AvgIpc) is 2.80. The van der Waals surface area contributed by atoms with Crippen LogP contribution in [0.4, 0.5) is 4.39 Å². The van der Waals surface area contributed by atoms with Crippen molar-refractivity contribution in [2.75, 3.05) is 19.8 Å². The van der Waals surface area contributed by atoms with E-state index < -0.39 is 0 Å². The van der Waals surface area contributed by atoms with Crippen molar-refractivity contribution in [1.82, 2.24) is 4.90 Å². The van der Waals surface area contributed by atoms with Crippen LogP contribution in [0.2, 0.25) is 0 Å². The minimum Gasteiger partial charge on any atom is -0.297 e. The Bertz CT molecular complexity index is 149. The molecule has 0 aromatic heterocycles. The second-order valence-electron chi connectivity index (χ2n) is 2.86. The van der Waals surface area contributed by atoms with Crippen LogP contribution < -0.4 is 0 Å². The van der Waals surface area contributed by atoms with Crippen molar-refractivity contribution >= 4 is 0 Å². The molecule has 0 bridgehead atoms. The van der Waals surface area contributed by atoms with E-state index in [1.807, 2.05) is 0 Å². The zero-order chi connectivity index (χ0) is 8.10. The van der Waals surface area contributed by atoms with Gasteiger partial charge in [-0.05, 0) is 12.8 Å². The topological polar surface area (TPSA) is 27.0 Å². The van der Waals surface area contributed by atoms with Gasteiger partial charge in [0, 0.05) is 25.6 Å². The molecule has 0 aromatic rings. The van der Waals surface area contributed by atoms with Crippen LogP contribution in [0.25, 0.3) is 0 Å². The molecule has 1 fully saturated rings. The van der Waals surface area contributed by atoms with Crippen molar-refractivity contribution in [1.29, 1.82) is 5.26 Å². The lowest BCUT2D eigenvalue weighted by molar-refractivity contribution is 0.243. The molecule has 1 saturated carbocycles. The van der Waals surface area contributed by atoms with Gasteiger partial charge in [0.1, 0.15) is 6.67 Å². The number of hydrogen-bond donors (Lipinski definition) is 0. The lowest BCUT2D eigenvalue weighted by atomic mass is 10.4.